The fourth-order valence-corrected chi connectivity index (χ4v) is 20.9. The Kier molecular flexibility index (Phi) is 18.3. The molecule has 0 bridgehead atoms. The average molecular weight is 1690 g/mol. The van der Waals surface area contributed by atoms with Crippen LogP contribution in [0, 0.1) is 0 Å². The van der Waals surface area contributed by atoms with Gasteiger partial charge >= 0.3 is 0 Å². The molecule has 2 aliphatic heterocycles. The van der Waals surface area contributed by atoms with Gasteiger partial charge < -0.3 is 28.4 Å². The first-order valence-electron chi connectivity index (χ1n) is 48.6. The van der Waals surface area contributed by atoms with E-state index >= 15 is 0 Å². The number of para-hydroxylation sites is 4. The largest absolute Gasteiger partial charge is 0.341 e. The van der Waals surface area contributed by atoms with Gasteiger partial charge in [-0.2, -0.15) is 0 Å². The first-order valence-corrected chi connectivity index (χ1v) is 46.1. The van der Waals surface area contributed by atoms with Gasteiger partial charge in [0.1, 0.15) is 0 Å². The monoisotopic (exact) mass is 1690 g/mol. The number of rotatable bonds is 17. The molecule has 0 spiro atoms. The van der Waals surface area contributed by atoms with Gasteiger partial charge in [-0.3, -0.25) is 0 Å². The molecule has 18 aromatic carbocycles. The maximum Gasteiger partial charge on any atom is 0.252 e. The molecular weight excluding hydrogens is 1580 g/mol. The number of hydrogen-bond acceptors (Lipinski definition) is 3. The van der Waals surface area contributed by atoms with Crippen molar-refractivity contribution in [1.29, 1.82) is 0 Å². The van der Waals surface area contributed by atoms with Gasteiger partial charge in [0, 0.05) is 114 Å². The van der Waals surface area contributed by atoms with Crippen molar-refractivity contribution in [2.45, 2.75) is 98.1 Å². The van der Waals surface area contributed by atoms with Crippen molar-refractivity contribution < 1.29 is 6.85 Å². The lowest BCUT2D eigenvalue weighted by molar-refractivity contribution is 0.590. The first kappa shape index (κ1) is 74.9. The Labute approximate surface area is 776 Å². The van der Waals surface area contributed by atoms with Gasteiger partial charge in [0.2, 0.25) is 0 Å². The van der Waals surface area contributed by atoms with Gasteiger partial charge in [-0.05, 0) is 268 Å². The molecule has 632 valence electrons. The van der Waals surface area contributed by atoms with Crippen LogP contribution in [0.2, 0.25) is 0 Å². The number of anilines is 7. The Morgan fingerprint density at radius 1 is 0.290 bits per heavy atom. The molecule has 21 aromatic rings. The van der Waals surface area contributed by atoms with Crippen molar-refractivity contribution in [1.82, 2.24) is 13.7 Å². The van der Waals surface area contributed by atoms with Crippen LogP contribution < -0.4 is 31.1 Å². The number of nitrogens with zero attached hydrogens (tertiary/aromatic N) is 6. The zero-order chi connectivity index (χ0) is 92.9. The standard InChI is InChI=1S/C124H103BN6/c1-122(2,3)92-53-65-111-106(76-92)107-77-93(123(4,5)6)54-66-112(107)127(111)80-83-51-63-109-117(71-83)128(81-108-104(87-39-21-13-22-40-87)78-94(124(7,8)9)79-105(108)88-41-23-14-24-42-88)119-69-82(70-120-121(119)125(109)110-64-52-89(84-33-15-10-16-34-84)75-118(110)131(120)99-73-90(85-35-17-11-18-36-85)72-91(74-99)86-37-19-12-20-38-86)67-68-126(95-55-59-97(60-56-95)129-113-47-29-25-43-100(113)101-44-26-30-48-114(101)129)96-57-61-98(62-58-96)130-115-49-31-27-45-102(115)103-46-28-32-50-116(103)130/h10-66,69-79H,67-68,80-81H2,1-9H3/i10D,15D,16D,33D,34D. The van der Waals surface area contributed by atoms with Gasteiger partial charge in [-0.15, -0.1) is 0 Å². The van der Waals surface area contributed by atoms with Crippen molar-refractivity contribution in [2.24, 2.45) is 0 Å². The summed E-state index contributed by atoms with van der Waals surface area (Å²) in [5, 5.41) is 7.31. The normalized spacial score (nSPS) is 13.2. The van der Waals surface area contributed by atoms with E-state index in [1.165, 1.54) is 65.6 Å². The summed E-state index contributed by atoms with van der Waals surface area (Å²) in [6.45, 7) is 22.0. The Hall–Kier alpha value is -15.2. The van der Waals surface area contributed by atoms with E-state index in [9.17, 15) is 5.48 Å². The molecule has 0 fully saturated rings. The number of hydrogen-bond donors (Lipinski definition) is 0. The van der Waals surface area contributed by atoms with Gasteiger partial charge in [0.25, 0.3) is 6.71 Å². The molecule has 0 aliphatic carbocycles. The first-order chi connectivity index (χ1) is 65.9. The smallest absolute Gasteiger partial charge is 0.252 e. The Morgan fingerprint density at radius 3 is 1.19 bits per heavy atom. The fraction of sp³-hybridized carbons (Fsp3) is 0.129. The van der Waals surface area contributed by atoms with Crippen LogP contribution in [0.15, 0.2) is 412 Å². The highest BCUT2D eigenvalue weighted by molar-refractivity contribution is 7.00. The molecule has 6 nitrogen and oxygen atoms in total. The third kappa shape index (κ3) is 14.3. The van der Waals surface area contributed by atoms with Crippen LogP contribution >= 0.6 is 0 Å². The molecule has 5 heterocycles. The van der Waals surface area contributed by atoms with Crippen LogP contribution in [0.1, 0.15) is 103 Å². The molecular formula is C124H103BN6. The molecule has 0 radical (unpaired) electrons. The van der Waals surface area contributed by atoms with Crippen molar-refractivity contribution in [3.63, 3.8) is 0 Å². The molecule has 0 saturated heterocycles. The number of benzene rings is 18. The third-order valence-electron chi connectivity index (χ3n) is 27.6. The molecule has 0 amide bonds. The third-order valence-corrected chi connectivity index (χ3v) is 27.6. The molecule has 131 heavy (non-hydrogen) atoms. The second kappa shape index (κ2) is 31.9. The van der Waals surface area contributed by atoms with E-state index in [1.807, 2.05) is 6.07 Å². The molecule has 3 aromatic heterocycles. The van der Waals surface area contributed by atoms with Gasteiger partial charge in [-0.1, -0.05) is 335 Å². The highest BCUT2D eigenvalue weighted by atomic mass is 15.2. The Bertz CT molecular complexity index is 7870. The number of aromatic nitrogens is 3. The van der Waals surface area contributed by atoms with E-state index in [2.05, 4.69) is 467 Å². The summed E-state index contributed by atoms with van der Waals surface area (Å²) in [4.78, 5) is 7.66. The van der Waals surface area contributed by atoms with Crippen LogP contribution in [0.5, 0.6) is 0 Å². The molecule has 2 aliphatic rings. The lowest BCUT2D eigenvalue weighted by Crippen LogP contribution is -2.62. The van der Waals surface area contributed by atoms with Crippen molar-refractivity contribution in [3.8, 4) is 67.0 Å². The minimum absolute atomic E-state index is 0.0896. The average Bonchev–Trinajstić information content (AvgIpc) is 0.754. The summed E-state index contributed by atoms with van der Waals surface area (Å²) >= 11 is 0. The van der Waals surface area contributed by atoms with E-state index < -0.39 is 12.8 Å². The maximum absolute atomic E-state index is 9.78. The van der Waals surface area contributed by atoms with Gasteiger partial charge in [0.15, 0.2) is 0 Å². The molecule has 23 rings (SSSR count). The summed E-state index contributed by atoms with van der Waals surface area (Å²) in [5.74, 6) is 0. The number of fused-ring (bicyclic) bond motifs is 13. The highest BCUT2D eigenvalue weighted by Crippen LogP contribution is 2.50. The fourth-order valence-electron chi connectivity index (χ4n) is 20.9. The summed E-state index contributed by atoms with van der Waals surface area (Å²) in [6.07, 6.45) is 0.559. The van der Waals surface area contributed by atoms with E-state index in [0.29, 0.717) is 31.6 Å². The quantitative estimate of drug-likeness (QED) is 0.0850. The molecule has 7 heteroatoms. The highest BCUT2D eigenvalue weighted by Gasteiger charge is 2.45. The van der Waals surface area contributed by atoms with Gasteiger partial charge in [-0.25, -0.2) is 0 Å². The molecule has 0 atom stereocenters. The SMILES string of the molecule is [2H]c1c([2H])c([2H])c(-c2ccc3c(c2)N(c2cc(-c4ccccc4)cc(-c4ccccc4)c2)c2cc(CCN(c4ccc(-n5c6ccccc6c6ccccc65)cc4)c4ccc(-n5c6ccccc6c6ccccc65)cc4)cc4c2B3c2ccc(Cn3c5ccc(C(C)(C)C)cc5c5cc(C(C)(C)C)ccc53)cc2N4Cc2c(-c3ccccc3)cc(C(C)(C)C)cc2-c2ccccc2)c([2H])c1[2H]. The lowest BCUT2D eigenvalue weighted by Gasteiger charge is -2.45. The summed E-state index contributed by atoms with van der Waals surface area (Å²) in [6, 6.07) is 140. The van der Waals surface area contributed by atoms with E-state index in [4.69, 9.17) is 1.37 Å². The maximum atomic E-state index is 9.78. The van der Waals surface area contributed by atoms with Crippen molar-refractivity contribution in [3.05, 3.63) is 446 Å². The van der Waals surface area contributed by atoms with E-state index in [-0.39, 0.29) is 46.0 Å². The van der Waals surface area contributed by atoms with Crippen LogP contribution in [-0.4, -0.2) is 27.0 Å². The molecule has 0 N–H and O–H groups in total. The summed E-state index contributed by atoms with van der Waals surface area (Å²) in [5.41, 5.74) is 35.4. The minimum Gasteiger partial charge on any atom is -0.341 e. The second-order valence-corrected chi connectivity index (χ2v) is 38.8. The predicted molar refractivity (Wildman–Crippen MR) is 559 cm³/mol. The van der Waals surface area contributed by atoms with Crippen LogP contribution in [0.3, 0.4) is 0 Å². The molecule has 0 saturated carbocycles. The molecule has 0 unspecified atom stereocenters. The Balaban J connectivity index is 0.797. The zero-order valence-electron chi connectivity index (χ0n) is 80.5. The zero-order valence-corrected chi connectivity index (χ0v) is 75.5. The van der Waals surface area contributed by atoms with Crippen molar-refractivity contribution in [2.75, 3.05) is 21.2 Å². The van der Waals surface area contributed by atoms with Crippen LogP contribution in [0.4, 0.5) is 39.8 Å². The lowest BCUT2D eigenvalue weighted by atomic mass is 9.33. The van der Waals surface area contributed by atoms with Crippen molar-refractivity contribution >= 4 is 128 Å². The predicted octanol–water partition coefficient (Wildman–Crippen LogP) is 30.6. The van der Waals surface area contributed by atoms with Crippen LogP contribution in [0.25, 0.3) is 132 Å². The van der Waals surface area contributed by atoms with Crippen LogP contribution in [-0.2, 0) is 35.8 Å². The Morgan fingerprint density at radius 2 is 0.718 bits per heavy atom. The summed E-state index contributed by atoms with van der Waals surface area (Å²) < 4.78 is 54.4. The summed E-state index contributed by atoms with van der Waals surface area (Å²) in [7, 11) is 0. The van der Waals surface area contributed by atoms with Gasteiger partial charge in [0.05, 0.1) is 28.9 Å². The van der Waals surface area contributed by atoms with E-state index in [1.54, 1.807) is 0 Å². The van der Waals surface area contributed by atoms with E-state index in [0.717, 1.165) is 145 Å². The second-order valence-electron chi connectivity index (χ2n) is 38.8. The topological polar surface area (TPSA) is 24.5 Å². The minimum atomic E-state index is -0.438.